The summed E-state index contributed by atoms with van der Waals surface area (Å²) in [4.78, 5) is 26.0. The van der Waals surface area contributed by atoms with Gasteiger partial charge in [-0.15, -0.1) is 0 Å². The van der Waals surface area contributed by atoms with Crippen LogP contribution in [-0.4, -0.2) is 30.0 Å². The van der Waals surface area contributed by atoms with E-state index in [0.717, 1.165) is 7.11 Å². The van der Waals surface area contributed by atoms with Gasteiger partial charge in [-0.3, -0.25) is 4.79 Å². The molecule has 0 fully saturated rings. The van der Waals surface area contributed by atoms with Crippen molar-refractivity contribution in [1.82, 2.24) is 4.98 Å². The number of aromatic nitrogens is 1. The van der Waals surface area contributed by atoms with E-state index < -0.39 is 17.9 Å². The maximum Gasteiger partial charge on any atom is 0.454 e. The highest BCUT2D eigenvalue weighted by atomic mass is 19.4. The van der Waals surface area contributed by atoms with Crippen LogP contribution < -0.4 is 5.32 Å². The van der Waals surface area contributed by atoms with E-state index in [4.69, 9.17) is 0 Å². The highest BCUT2D eigenvalue weighted by molar-refractivity contribution is 5.96. The molecule has 20 heavy (non-hydrogen) atoms. The van der Waals surface area contributed by atoms with Gasteiger partial charge in [0.05, 0.1) is 7.11 Å². The number of alkyl halides is 3. The highest BCUT2D eigenvalue weighted by Crippen LogP contribution is 2.19. The topological polar surface area (TPSA) is 68.3 Å². The fourth-order valence-electron chi connectivity index (χ4n) is 1.28. The number of pyridine rings is 1. The Labute approximate surface area is 112 Å². The summed E-state index contributed by atoms with van der Waals surface area (Å²) in [6, 6.07) is 2.86. The first kappa shape index (κ1) is 15.7. The predicted octanol–water partition coefficient (Wildman–Crippen LogP) is 2.32. The molecule has 0 amide bonds. The first-order valence-electron chi connectivity index (χ1n) is 5.35. The Morgan fingerprint density at radius 2 is 2.05 bits per heavy atom. The van der Waals surface area contributed by atoms with Gasteiger partial charge in [0.2, 0.25) is 0 Å². The molecular formula is C12H11F3N2O3. The molecule has 1 rings (SSSR count). The molecule has 0 saturated heterocycles. The molecule has 1 N–H and O–H groups in total. The van der Waals surface area contributed by atoms with E-state index in [-0.39, 0.29) is 17.1 Å². The van der Waals surface area contributed by atoms with Gasteiger partial charge in [0, 0.05) is 18.0 Å². The summed E-state index contributed by atoms with van der Waals surface area (Å²) >= 11 is 0. The van der Waals surface area contributed by atoms with Gasteiger partial charge in [-0.2, -0.15) is 13.2 Å². The molecule has 8 heteroatoms. The lowest BCUT2D eigenvalue weighted by molar-refractivity contribution is -0.165. The van der Waals surface area contributed by atoms with Gasteiger partial charge in [0.1, 0.15) is 11.4 Å². The number of rotatable bonds is 4. The van der Waals surface area contributed by atoms with Crippen LogP contribution in [0, 0.1) is 0 Å². The van der Waals surface area contributed by atoms with E-state index in [9.17, 15) is 22.8 Å². The van der Waals surface area contributed by atoms with Crippen LogP contribution >= 0.6 is 0 Å². The second-order valence-corrected chi connectivity index (χ2v) is 3.71. The summed E-state index contributed by atoms with van der Waals surface area (Å²) in [5, 5.41) is 2.46. The third-order valence-corrected chi connectivity index (χ3v) is 2.16. The number of ketones is 1. The van der Waals surface area contributed by atoms with Crippen LogP contribution in [0.2, 0.25) is 0 Å². The first-order valence-corrected chi connectivity index (χ1v) is 5.35. The quantitative estimate of drug-likeness (QED) is 0.680. The van der Waals surface area contributed by atoms with Crippen LogP contribution in [0.25, 0.3) is 0 Å². The van der Waals surface area contributed by atoms with E-state index in [2.05, 4.69) is 15.0 Å². The van der Waals surface area contributed by atoms with Crippen molar-refractivity contribution in [3.63, 3.8) is 0 Å². The molecule has 1 aromatic rings. The lowest BCUT2D eigenvalue weighted by Gasteiger charge is -2.10. The van der Waals surface area contributed by atoms with Crippen LogP contribution in [0.4, 0.5) is 19.0 Å². The summed E-state index contributed by atoms with van der Waals surface area (Å²) in [7, 11) is 1.16. The number of nitrogens with one attached hydrogen (secondary N) is 1. The van der Waals surface area contributed by atoms with E-state index in [1.807, 2.05) is 0 Å². The number of allylic oxidation sites excluding steroid dienone is 2. The van der Waals surface area contributed by atoms with Crippen molar-refractivity contribution in [2.75, 3.05) is 12.4 Å². The fraction of sp³-hybridized carbons (Fsp3) is 0.250. The lowest BCUT2D eigenvalue weighted by Crippen LogP contribution is -2.21. The molecule has 0 aliphatic carbocycles. The summed E-state index contributed by atoms with van der Waals surface area (Å²) in [6.45, 7) is 1.25. The zero-order valence-electron chi connectivity index (χ0n) is 10.6. The number of methoxy groups -OCH3 is 1. The number of anilines is 1. The third kappa shape index (κ3) is 4.08. The molecule has 5 nitrogen and oxygen atoms in total. The van der Waals surface area contributed by atoms with Gasteiger partial charge in [-0.25, -0.2) is 9.78 Å². The second kappa shape index (κ2) is 6.18. The molecule has 0 aliphatic heterocycles. The van der Waals surface area contributed by atoms with Gasteiger partial charge in [0.25, 0.3) is 5.78 Å². The number of carbonyl (C=O) groups is 2. The maximum absolute atomic E-state index is 12.1. The Balaban J connectivity index is 2.97. The fourth-order valence-corrected chi connectivity index (χ4v) is 1.28. The highest BCUT2D eigenvalue weighted by Gasteiger charge is 2.36. The van der Waals surface area contributed by atoms with Crippen LogP contribution in [0.15, 0.2) is 30.1 Å². The number of esters is 1. The maximum atomic E-state index is 12.1. The smallest absolute Gasteiger partial charge is 0.454 e. The summed E-state index contributed by atoms with van der Waals surface area (Å²) in [5.41, 5.74) is -0.0571. The molecule has 0 aliphatic rings. The zero-order chi connectivity index (χ0) is 15.3. The van der Waals surface area contributed by atoms with Crippen molar-refractivity contribution in [2.45, 2.75) is 13.1 Å². The number of carbonyl (C=O) groups excluding carboxylic acids is 2. The molecule has 0 saturated carbocycles. The normalized spacial score (nSPS) is 11.9. The van der Waals surface area contributed by atoms with Crippen molar-refractivity contribution in [3.05, 3.63) is 35.7 Å². The molecule has 1 heterocycles. The Morgan fingerprint density at radius 1 is 1.40 bits per heavy atom. The van der Waals surface area contributed by atoms with Gasteiger partial charge in [0.15, 0.2) is 0 Å². The number of ether oxygens (including phenoxy) is 1. The van der Waals surface area contributed by atoms with Gasteiger partial charge < -0.3 is 10.1 Å². The van der Waals surface area contributed by atoms with E-state index in [1.54, 1.807) is 0 Å². The van der Waals surface area contributed by atoms with E-state index in [1.165, 1.54) is 25.3 Å². The summed E-state index contributed by atoms with van der Waals surface area (Å²) in [5.74, 6) is -2.70. The van der Waals surface area contributed by atoms with Crippen molar-refractivity contribution >= 4 is 17.6 Å². The van der Waals surface area contributed by atoms with Gasteiger partial charge in [-0.05, 0) is 19.1 Å². The first-order chi connectivity index (χ1) is 9.25. The van der Waals surface area contributed by atoms with Crippen molar-refractivity contribution < 1.29 is 27.5 Å². The van der Waals surface area contributed by atoms with Crippen molar-refractivity contribution in [2.24, 2.45) is 0 Å². The largest absolute Gasteiger partial charge is 0.465 e. The van der Waals surface area contributed by atoms with Crippen LogP contribution in [0.5, 0.6) is 0 Å². The molecule has 0 radical (unpaired) electrons. The minimum atomic E-state index is -4.95. The minimum absolute atomic E-state index is 0.00285. The summed E-state index contributed by atoms with van der Waals surface area (Å²) < 4.78 is 40.8. The summed E-state index contributed by atoms with van der Waals surface area (Å²) in [6.07, 6.45) is -3.22. The molecule has 0 bridgehead atoms. The Bertz CT molecular complexity index is 553. The van der Waals surface area contributed by atoms with Crippen molar-refractivity contribution in [3.8, 4) is 0 Å². The number of nitrogens with zero attached hydrogens (tertiary/aromatic N) is 1. The van der Waals surface area contributed by atoms with Crippen LogP contribution in [-0.2, 0) is 9.53 Å². The average Bonchev–Trinajstić information content (AvgIpc) is 2.37. The Morgan fingerprint density at radius 3 is 2.60 bits per heavy atom. The lowest BCUT2D eigenvalue weighted by atomic mass is 10.2. The van der Waals surface area contributed by atoms with E-state index in [0.29, 0.717) is 6.08 Å². The molecular weight excluding hydrogens is 277 g/mol. The van der Waals surface area contributed by atoms with Crippen LogP contribution in [0.3, 0.4) is 0 Å². The molecule has 108 valence electrons. The number of hydrogen-bond acceptors (Lipinski definition) is 5. The zero-order valence-corrected chi connectivity index (χ0v) is 10.6. The van der Waals surface area contributed by atoms with E-state index >= 15 is 0 Å². The average molecular weight is 288 g/mol. The van der Waals surface area contributed by atoms with Crippen LogP contribution in [0.1, 0.15) is 17.3 Å². The molecule has 0 spiro atoms. The predicted molar refractivity (Wildman–Crippen MR) is 64.0 cm³/mol. The minimum Gasteiger partial charge on any atom is -0.465 e. The standard InChI is InChI=1S/C12H11F3N2O3/c1-7(6-9(18)12(13,14)15)17-10-8(11(19)20-2)4-3-5-16-10/h3-6H,1-2H3,(H,16,17)/b7-6-. The van der Waals surface area contributed by atoms with Crippen molar-refractivity contribution in [1.29, 1.82) is 0 Å². The Hall–Kier alpha value is -2.38. The molecule has 0 unspecified atom stereocenters. The van der Waals surface area contributed by atoms with Gasteiger partial charge >= 0.3 is 12.1 Å². The third-order valence-electron chi connectivity index (χ3n) is 2.16. The number of halogens is 3. The molecule has 1 aromatic heterocycles. The SMILES string of the molecule is COC(=O)c1cccnc1N/C(C)=C\C(=O)C(F)(F)F. The molecule has 0 aromatic carbocycles. The molecule has 0 atom stereocenters. The van der Waals surface area contributed by atoms with Gasteiger partial charge in [-0.1, -0.05) is 0 Å². The number of hydrogen-bond donors (Lipinski definition) is 1. The Kier molecular flexibility index (Phi) is 4.84. The monoisotopic (exact) mass is 288 g/mol. The second-order valence-electron chi connectivity index (χ2n) is 3.71.